The maximum absolute atomic E-state index is 9.64. The Kier molecular flexibility index (Phi) is 4.51. The maximum Gasteiger partial charge on any atom is 0.124 e. The fraction of sp³-hybridized carbons (Fsp3) is 0.222. The number of phenols is 1. The molecule has 1 N–H and O–H groups in total. The zero-order valence-electron chi connectivity index (χ0n) is 7.45. The highest BCUT2D eigenvalue weighted by Crippen LogP contribution is 2.26. The van der Waals surface area contributed by atoms with Crippen LogP contribution in [0.1, 0.15) is 16.7 Å². The molecular formula is C9H8INO2S. The van der Waals surface area contributed by atoms with E-state index in [4.69, 9.17) is 9.44 Å². The van der Waals surface area contributed by atoms with Gasteiger partial charge in [-0.3, -0.25) is 0 Å². The van der Waals surface area contributed by atoms with Gasteiger partial charge in [0.1, 0.15) is 5.75 Å². The van der Waals surface area contributed by atoms with Crippen molar-refractivity contribution in [3.05, 3.63) is 28.8 Å². The molecule has 0 unspecified atom stereocenters. The van der Waals surface area contributed by atoms with Crippen molar-refractivity contribution >= 4 is 30.4 Å². The minimum absolute atomic E-state index is 0.203. The molecular weight excluding hydrogens is 313 g/mol. The van der Waals surface area contributed by atoms with Crippen LogP contribution in [0.25, 0.3) is 0 Å². The van der Waals surface area contributed by atoms with Gasteiger partial charge in [-0.05, 0) is 24.6 Å². The fourth-order valence-corrected chi connectivity index (χ4v) is 1.67. The summed E-state index contributed by atoms with van der Waals surface area (Å²) >= 11 is 2.00. The van der Waals surface area contributed by atoms with Gasteiger partial charge in [0.05, 0.1) is 27.5 Å². The lowest BCUT2D eigenvalue weighted by molar-refractivity contribution is 0.356. The van der Waals surface area contributed by atoms with E-state index in [-0.39, 0.29) is 5.75 Å². The average Bonchev–Trinajstić information content (AvgIpc) is 2.20. The Balaban J connectivity index is 3.02. The minimum atomic E-state index is 0.203. The van der Waals surface area contributed by atoms with Crippen molar-refractivity contribution in [1.82, 2.24) is 0 Å². The number of hydrogen-bond donors (Lipinski definition) is 1. The van der Waals surface area contributed by atoms with E-state index in [0.717, 1.165) is 0 Å². The normalized spacial score (nSPS) is 9.79. The molecule has 0 radical (unpaired) electrons. The van der Waals surface area contributed by atoms with Crippen LogP contribution in [0.4, 0.5) is 0 Å². The third kappa shape index (κ3) is 2.77. The molecule has 14 heavy (non-hydrogen) atoms. The van der Waals surface area contributed by atoms with Crippen LogP contribution in [0.5, 0.6) is 5.75 Å². The first-order valence-electron chi connectivity index (χ1n) is 3.82. The highest BCUT2D eigenvalue weighted by atomic mass is 127. The van der Waals surface area contributed by atoms with E-state index in [1.807, 2.05) is 27.3 Å². The van der Waals surface area contributed by atoms with Crippen LogP contribution >= 0.6 is 30.4 Å². The largest absolute Gasteiger partial charge is 0.507 e. The number of benzene rings is 1. The number of aryl methyl sites for hydroxylation is 1. The number of halogens is 1. The van der Waals surface area contributed by atoms with Gasteiger partial charge in [0.2, 0.25) is 0 Å². The summed E-state index contributed by atoms with van der Waals surface area (Å²) in [6, 6.07) is 5.32. The lowest BCUT2D eigenvalue weighted by atomic mass is 10.1. The first-order valence-corrected chi connectivity index (χ1v) is 7.10. The number of nitrogens with zero attached hydrogens (tertiary/aromatic N) is 1. The smallest absolute Gasteiger partial charge is 0.124 e. The van der Waals surface area contributed by atoms with Gasteiger partial charge in [0.25, 0.3) is 0 Å². The lowest BCUT2D eigenvalue weighted by Crippen LogP contribution is -1.90. The van der Waals surface area contributed by atoms with Crippen molar-refractivity contribution in [2.45, 2.75) is 13.5 Å². The molecule has 0 heterocycles. The Bertz CT molecular complexity index is 376. The van der Waals surface area contributed by atoms with E-state index in [2.05, 4.69) is 0 Å². The van der Waals surface area contributed by atoms with Crippen molar-refractivity contribution in [3.63, 3.8) is 0 Å². The predicted octanol–water partition coefficient (Wildman–Crippen LogP) is 3.09. The molecule has 0 saturated carbocycles. The van der Waals surface area contributed by atoms with Gasteiger partial charge in [-0.2, -0.15) is 5.26 Å². The van der Waals surface area contributed by atoms with Crippen LogP contribution in [0.2, 0.25) is 0 Å². The van der Waals surface area contributed by atoms with Gasteiger partial charge in [-0.1, -0.05) is 0 Å². The second-order valence-corrected chi connectivity index (χ2v) is 4.18. The van der Waals surface area contributed by atoms with Gasteiger partial charge in [0.15, 0.2) is 0 Å². The summed E-state index contributed by atoms with van der Waals surface area (Å²) in [5, 5.41) is 18.4. The van der Waals surface area contributed by atoms with Crippen molar-refractivity contribution in [2.24, 2.45) is 0 Å². The summed E-state index contributed by atoms with van der Waals surface area (Å²) in [7, 11) is 1.20. The average molecular weight is 321 g/mol. The second kappa shape index (κ2) is 5.44. The van der Waals surface area contributed by atoms with Crippen molar-refractivity contribution in [3.8, 4) is 11.8 Å². The Labute approximate surface area is 98.9 Å². The molecule has 0 aliphatic heterocycles. The van der Waals surface area contributed by atoms with E-state index in [1.54, 1.807) is 19.1 Å². The second-order valence-electron chi connectivity index (χ2n) is 2.74. The van der Waals surface area contributed by atoms with Gasteiger partial charge in [-0.15, -0.1) is 0 Å². The fourth-order valence-electron chi connectivity index (χ4n) is 1.11. The summed E-state index contributed by atoms with van der Waals surface area (Å²) < 4.78 is 5.09. The van der Waals surface area contributed by atoms with Crippen LogP contribution in [0, 0.1) is 18.3 Å². The quantitative estimate of drug-likeness (QED) is 0.687. The maximum atomic E-state index is 9.64. The van der Waals surface area contributed by atoms with Gasteiger partial charge < -0.3 is 9.29 Å². The van der Waals surface area contributed by atoms with E-state index in [9.17, 15) is 5.11 Å². The molecule has 0 atom stereocenters. The van der Waals surface area contributed by atoms with E-state index in [1.165, 1.54) is 9.21 Å². The molecule has 0 aromatic heterocycles. The van der Waals surface area contributed by atoms with Crippen molar-refractivity contribution < 1.29 is 9.29 Å². The summed E-state index contributed by atoms with van der Waals surface area (Å²) in [6.07, 6.45) is 0. The van der Waals surface area contributed by atoms with Gasteiger partial charge >= 0.3 is 0 Å². The molecule has 0 amide bonds. The molecule has 1 aromatic rings. The summed E-state index contributed by atoms with van der Waals surface area (Å²) in [5.74, 6) is 0.203. The predicted molar refractivity (Wildman–Crippen MR) is 64.0 cm³/mol. The zero-order chi connectivity index (χ0) is 10.6. The Morgan fingerprint density at radius 3 is 2.93 bits per heavy atom. The van der Waals surface area contributed by atoms with E-state index >= 15 is 0 Å². The molecule has 0 fully saturated rings. The van der Waals surface area contributed by atoms with Crippen molar-refractivity contribution in [1.29, 1.82) is 5.26 Å². The van der Waals surface area contributed by atoms with Gasteiger partial charge in [-0.25, -0.2) is 0 Å². The van der Waals surface area contributed by atoms with Crippen LogP contribution in [0.3, 0.4) is 0 Å². The third-order valence-corrected chi connectivity index (χ3v) is 2.74. The van der Waals surface area contributed by atoms with Gasteiger partial charge in [0, 0.05) is 26.8 Å². The molecule has 3 nitrogen and oxygen atoms in total. The van der Waals surface area contributed by atoms with Crippen LogP contribution in [-0.2, 0) is 10.8 Å². The molecule has 0 spiro atoms. The Hall–Kier alpha value is -0.450. The first-order chi connectivity index (χ1) is 6.69. The Morgan fingerprint density at radius 2 is 2.36 bits per heavy atom. The number of hydrogen-bond acceptors (Lipinski definition) is 4. The molecule has 0 aliphatic rings. The highest BCUT2D eigenvalue weighted by Gasteiger charge is 2.07. The monoisotopic (exact) mass is 321 g/mol. The lowest BCUT2D eigenvalue weighted by Gasteiger charge is -2.06. The SMILES string of the molecule is Cc1cc(C#N)cc(COSI)c1O. The number of nitriles is 1. The highest BCUT2D eigenvalue weighted by molar-refractivity contribution is 14.2. The summed E-state index contributed by atoms with van der Waals surface area (Å²) in [5.41, 5.74) is 1.88. The van der Waals surface area contributed by atoms with Crippen LogP contribution in [0.15, 0.2) is 12.1 Å². The molecule has 0 saturated heterocycles. The van der Waals surface area contributed by atoms with E-state index < -0.39 is 0 Å². The zero-order valence-corrected chi connectivity index (χ0v) is 10.4. The first kappa shape index (κ1) is 11.6. The van der Waals surface area contributed by atoms with Crippen LogP contribution in [-0.4, -0.2) is 5.11 Å². The number of rotatable bonds is 3. The molecule has 0 aliphatic carbocycles. The van der Waals surface area contributed by atoms with E-state index in [0.29, 0.717) is 23.3 Å². The number of aromatic hydroxyl groups is 1. The topological polar surface area (TPSA) is 53.2 Å². The third-order valence-electron chi connectivity index (χ3n) is 1.77. The standard InChI is InChI=1S/C9H8INO2S/c1-6-2-7(4-11)3-8(9(6)12)5-13-14-10/h2-3,12H,5H2,1H3. The summed E-state index contributed by atoms with van der Waals surface area (Å²) in [4.78, 5) is 0. The van der Waals surface area contributed by atoms with Crippen LogP contribution < -0.4 is 0 Å². The summed E-state index contributed by atoms with van der Waals surface area (Å²) in [6.45, 7) is 2.06. The molecule has 0 bridgehead atoms. The van der Waals surface area contributed by atoms with Crippen molar-refractivity contribution in [2.75, 3.05) is 0 Å². The molecule has 1 rings (SSSR count). The Morgan fingerprint density at radius 1 is 1.64 bits per heavy atom. The molecule has 74 valence electrons. The molecule has 5 heteroatoms. The molecule has 1 aromatic carbocycles. The minimum Gasteiger partial charge on any atom is -0.507 e. The number of phenolic OH excluding ortho intramolecular Hbond substituents is 1.